The van der Waals surface area contributed by atoms with Crippen LogP contribution in [0, 0.1) is 6.92 Å². The van der Waals surface area contributed by atoms with Gasteiger partial charge in [-0.3, -0.25) is 9.59 Å². The number of carbonyl (C=O) groups is 2. The van der Waals surface area contributed by atoms with Gasteiger partial charge in [-0.25, -0.2) is 4.98 Å². The molecule has 2 aromatic rings. The molecule has 0 spiro atoms. The highest BCUT2D eigenvalue weighted by Gasteiger charge is 2.13. The standard InChI is InChI=1S/C12H12N2O3/c1-7-13-9-4-3-8(5-10(9)14-7)11(15)6-12(16)17-2/h3-5H,6H2,1-2H3,(H,13,14). The van der Waals surface area contributed by atoms with E-state index in [1.165, 1.54) is 7.11 Å². The van der Waals surface area contributed by atoms with Crippen LogP contribution >= 0.6 is 0 Å². The summed E-state index contributed by atoms with van der Waals surface area (Å²) in [6, 6.07) is 5.11. The van der Waals surface area contributed by atoms with Crippen LogP contribution in [0.5, 0.6) is 0 Å². The second kappa shape index (κ2) is 4.37. The third-order valence-corrected chi connectivity index (χ3v) is 2.45. The molecule has 1 aromatic heterocycles. The van der Waals surface area contributed by atoms with Crippen molar-refractivity contribution < 1.29 is 14.3 Å². The number of nitrogens with one attached hydrogen (secondary N) is 1. The second-order valence-electron chi connectivity index (χ2n) is 3.73. The van der Waals surface area contributed by atoms with Gasteiger partial charge < -0.3 is 9.72 Å². The Kier molecular flexibility index (Phi) is 2.91. The number of aromatic amines is 1. The van der Waals surface area contributed by atoms with Crippen molar-refractivity contribution in [2.24, 2.45) is 0 Å². The number of ether oxygens (including phenoxy) is 1. The molecule has 17 heavy (non-hydrogen) atoms. The average Bonchev–Trinajstić information content (AvgIpc) is 2.67. The topological polar surface area (TPSA) is 72.1 Å². The molecule has 0 aliphatic heterocycles. The Labute approximate surface area is 97.8 Å². The fourth-order valence-corrected chi connectivity index (χ4v) is 1.62. The predicted octanol–water partition coefficient (Wildman–Crippen LogP) is 1.62. The zero-order valence-electron chi connectivity index (χ0n) is 9.61. The second-order valence-corrected chi connectivity index (χ2v) is 3.73. The lowest BCUT2D eigenvalue weighted by Gasteiger charge is -1.99. The molecule has 0 aliphatic rings. The van der Waals surface area contributed by atoms with E-state index in [1.54, 1.807) is 18.2 Å². The molecule has 1 aromatic carbocycles. The van der Waals surface area contributed by atoms with E-state index in [0.29, 0.717) is 5.56 Å². The SMILES string of the molecule is COC(=O)CC(=O)c1ccc2nc(C)[nH]c2c1. The molecule has 0 aliphatic carbocycles. The first-order chi connectivity index (χ1) is 8.10. The molecule has 2 rings (SSSR count). The van der Waals surface area contributed by atoms with Gasteiger partial charge in [-0.05, 0) is 25.1 Å². The molecule has 0 unspecified atom stereocenters. The van der Waals surface area contributed by atoms with Crippen LogP contribution in [0.3, 0.4) is 0 Å². The maximum atomic E-state index is 11.7. The quantitative estimate of drug-likeness (QED) is 0.496. The molecule has 1 heterocycles. The van der Waals surface area contributed by atoms with Crippen LogP contribution in [0.15, 0.2) is 18.2 Å². The minimum absolute atomic E-state index is 0.241. The maximum absolute atomic E-state index is 11.7. The van der Waals surface area contributed by atoms with E-state index in [2.05, 4.69) is 14.7 Å². The number of ketones is 1. The molecule has 5 nitrogen and oxygen atoms in total. The number of hydrogen-bond acceptors (Lipinski definition) is 4. The number of esters is 1. The van der Waals surface area contributed by atoms with E-state index in [1.807, 2.05) is 6.92 Å². The number of imidazole rings is 1. The van der Waals surface area contributed by atoms with Crippen LogP contribution in [0.25, 0.3) is 11.0 Å². The lowest BCUT2D eigenvalue weighted by molar-refractivity contribution is -0.139. The van der Waals surface area contributed by atoms with Gasteiger partial charge in [-0.15, -0.1) is 0 Å². The third kappa shape index (κ3) is 2.33. The minimum atomic E-state index is -0.532. The van der Waals surface area contributed by atoms with Gasteiger partial charge in [0, 0.05) is 5.56 Å². The van der Waals surface area contributed by atoms with Crippen molar-refractivity contribution in [2.45, 2.75) is 13.3 Å². The number of aromatic nitrogens is 2. The highest BCUT2D eigenvalue weighted by Crippen LogP contribution is 2.14. The number of rotatable bonds is 3. The van der Waals surface area contributed by atoms with Gasteiger partial charge in [0.15, 0.2) is 5.78 Å². The molecule has 0 amide bonds. The number of benzene rings is 1. The molecule has 0 saturated heterocycles. The fourth-order valence-electron chi connectivity index (χ4n) is 1.62. The van der Waals surface area contributed by atoms with Gasteiger partial charge >= 0.3 is 5.97 Å². The number of nitrogens with zero attached hydrogens (tertiary/aromatic N) is 1. The van der Waals surface area contributed by atoms with Crippen LogP contribution in [-0.2, 0) is 9.53 Å². The molecular weight excluding hydrogens is 220 g/mol. The maximum Gasteiger partial charge on any atom is 0.313 e. The lowest BCUT2D eigenvalue weighted by Crippen LogP contribution is -2.09. The molecule has 0 saturated carbocycles. The Hall–Kier alpha value is -2.17. The summed E-state index contributed by atoms with van der Waals surface area (Å²) < 4.78 is 4.45. The first-order valence-corrected chi connectivity index (χ1v) is 5.16. The van der Waals surface area contributed by atoms with Crippen molar-refractivity contribution in [1.82, 2.24) is 9.97 Å². The number of H-pyrrole nitrogens is 1. The molecule has 0 bridgehead atoms. The summed E-state index contributed by atoms with van der Waals surface area (Å²) in [6.45, 7) is 1.84. The Bertz CT molecular complexity index is 586. The van der Waals surface area contributed by atoms with Gasteiger partial charge in [-0.1, -0.05) is 0 Å². The van der Waals surface area contributed by atoms with E-state index >= 15 is 0 Å². The molecular formula is C12H12N2O3. The molecule has 0 atom stereocenters. The number of aryl methyl sites for hydroxylation is 1. The van der Waals surface area contributed by atoms with Crippen LogP contribution in [0.1, 0.15) is 22.6 Å². The summed E-state index contributed by atoms with van der Waals surface area (Å²) in [6.07, 6.45) is -0.241. The van der Waals surface area contributed by atoms with E-state index < -0.39 is 5.97 Å². The normalized spacial score (nSPS) is 10.5. The van der Waals surface area contributed by atoms with E-state index in [0.717, 1.165) is 16.9 Å². The number of hydrogen-bond donors (Lipinski definition) is 1. The average molecular weight is 232 g/mol. The number of methoxy groups -OCH3 is 1. The highest BCUT2D eigenvalue weighted by molar-refractivity contribution is 6.07. The molecule has 0 fully saturated rings. The van der Waals surface area contributed by atoms with Gasteiger partial charge in [0.05, 0.1) is 18.1 Å². The lowest BCUT2D eigenvalue weighted by atomic mass is 10.1. The van der Waals surface area contributed by atoms with Gasteiger partial charge in [0.2, 0.25) is 0 Å². The van der Waals surface area contributed by atoms with Gasteiger partial charge in [0.1, 0.15) is 12.2 Å². The molecule has 1 N–H and O–H groups in total. The Morgan fingerprint density at radius 3 is 2.88 bits per heavy atom. The van der Waals surface area contributed by atoms with Crippen molar-refractivity contribution in [3.63, 3.8) is 0 Å². The van der Waals surface area contributed by atoms with Crippen molar-refractivity contribution >= 4 is 22.8 Å². The van der Waals surface area contributed by atoms with E-state index in [-0.39, 0.29) is 12.2 Å². The summed E-state index contributed by atoms with van der Waals surface area (Å²) in [5, 5.41) is 0. The predicted molar refractivity (Wildman–Crippen MR) is 61.8 cm³/mol. The number of carbonyl (C=O) groups excluding carboxylic acids is 2. The summed E-state index contributed by atoms with van der Waals surface area (Å²) in [4.78, 5) is 30.0. The fraction of sp³-hybridized carbons (Fsp3) is 0.250. The van der Waals surface area contributed by atoms with Crippen LogP contribution < -0.4 is 0 Å². The monoisotopic (exact) mass is 232 g/mol. The van der Waals surface area contributed by atoms with Gasteiger partial charge in [0.25, 0.3) is 0 Å². The third-order valence-electron chi connectivity index (χ3n) is 2.45. The van der Waals surface area contributed by atoms with Crippen molar-refractivity contribution in [1.29, 1.82) is 0 Å². The number of fused-ring (bicyclic) bond motifs is 1. The Balaban J connectivity index is 2.29. The minimum Gasteiger partial charge on any atom is -0.469 e. The number of Topliss-reactive ketones (excluding diaryl/α,β-unsaturated/α-hetero) is 1. The summed E-state index contributed by atoms with van der Waals surface area (Å²) >= 11 is 0. The molecule has 88 valence electrons. The van der Waals surface area contributed by atoms with Crippen molar-refractivity contribution in [2.75, 3.05) is 7.11 Å². The molecule has 5 heteroatoms. The van der Waals surface area contributed by atoms with Gasteiger partial charge in [-0.2, -0.15) is 0 Å². The van der Waals surface area contributed by atoms with Crippen LogP contribution in [0.2, 0.25) is 0 Å². The highest BCUT2D eigenvalue weighted by atomic mass is 16.5. The van der Waals surface area contributed by atoms with Crippen LogP contribution in [0.4, 0.5) is 0 Å². The zero-order chi connectivity index (χ0) is 12.4. The summed E-state index contributed by atoms with van der Waals surface area (Å²) in [7, 11) is 1.26. The first-order valence-electron chi connectivity index (χ1n) is 5.16. The molecule has 0 radical (unpaired) electrons. The summed E-state index contributed by atoms with van der Waals surface area (Å²) in [5.74, 6) is -0.000502. The van der Waals surface area contributed by atoms with E-state index in [4.69, 9.17) is 0 Å². The zero-order valence-corrected chi connectivity index (χ0v) is 9.61. The largest absolute Gasteiger partial charge is 0.469 e. The van der Waals surface area contributed by atoms with Crippen molar-refractivity contribution in [3.05, 3.63) is 29.6 Å². The smallest absolute Gasteiger partial charge is 0.313 e. The summed E-state index contributed by atoms with van der Waals surface area (Å²) in [5.41, 5.74) is 2.07. The van der Waals surface area contributed by atoms with Crippen LogP contribution in [-0.4, -0.2) is 28.8 Å². The Morgan fingerprint density at radius 2 is 2.18 bits per heavy atom. The first kappa shape index (κ1) is 11.3. The Morgan fingerprint density at radius 1 is 1.41 bits per heavy atom. The van der Waals surface area contributed by atoms with Crippen molar-refractivity contribution in [3.8, 4) is 0 Å². The van der Waals surface area contributed by atoms with E-state index in [9.17, 15) is 9.59 Å².